The van der Waals surface area contributed by atoms with Crippen LogP contribution in [-0.4, -0.2) is 37.6 Å². The summed E-state index contributed by atoms with van der Waals surface area (Å²) in [5.74, 6) is 0.511. The zero-order valence-electron chi connectivity index (χ0n) is 17.6. The van der Waals surface area contributed by atoms with Crippen molar-refractivity contribution >= 4 is 5.69 Å². The van der Waals surface area contributed by atoms with Crippen molar-refractivity contribution in [2.45, 2.75) is 52.8 Å². The number of allylic oxidation sites excluding steroid dienone is 1. The van der Waals surface area contributed by atoms with Crippen molar-refractivity contribution in [3.8, 4) is 5.75 Å². The van der Waals surface area contributed by atoms with Gasteiger partial charge in [-0.25, -0.2) is 4.39 Å². The molecular formula is C22H33FN2O3. The topological polar surface area (TPSA) is 54.0 Å². The molecule has 3 atom stereocenters. The molecule has 5 nitrogen and oxygen atoms in total. The molecule has 0 saturated carbocycles. The average Bonchev–Trinajstić information content (AvgIpc) is 2.65. The third-order valence-electron chi connectivity index (χ3n) is 4.95. The Morgan fingerprint density at radius 1 is 1.50 bits per heavy atom. The van der Waals surface area contributed by atoms with Gasteiger partial charge in [-0.3, -0.25) is 5.32 Å². The summed E-state index contributed by atoms with van der Waals surface area (Å²) in [6, 6.07) is 3.48. The summed E-state index contributed by atoms with van der Waals surface area (Å²) in [5.41, 5.74) is 2.00. The maximum absolute atomic E-state index is 14.9. The Balaban J connectivity index is 2.16. The molecule has 28 heavy (non-hydrogen) atoms. The van der Waals surface area contributed by atoms with Crippen LogP contribution in [-0.2, 0) is 4.74 Å². The van der Waals surface area contributed by atoms with Gasteiger partial charge in [-0.1, -0.05) is 19.1 Å². The van der Waals surface area contributed by atoms with Crippen LogP contribution < -0.4 is 15.0 Å². The van der Waals surface area contributed by atoms with Crippen molar-refractivity contribution in [3.63, 3.8) is 0 Å². The first-order valence-electron chi connectivity index (χ1n) is 9.80. The Hall–Kier alpha value is -1.89. The lowest BCUT2D eigenvalue weighted by atomic mass is 9.94. The summed E-state index contributed by atoms with van der Waals surface area (Å²) in [6.45, 7) is 12.7. The average molecular weight is 393 g/mol. The van der Waals surface area contributed by atoms with Gasteiger partial charge in [0.2, 0.25) is 0 Å². The van der Waals surface area contributed by atoms with Gasteiger partial charge in [0.1, 0.15) is 17.7 Å². The van der Waals surface area contributed by atoms with Gasteiger partial charge in [0.25, 0.3) is 0 Å². The first kappa shape index (κ1) is 22.4. The van der Waals surface area contributed by atoms with Gasteiger partial charge in [0.05, 0.1) is 18.2 Å². The molecule has 3 unspecified atom stereocenters. The molecule has 1 aliphatic heterocycles. The second-order valence-corrected chi connectivity index (χ2v) is 7.57. The van der Waals surface area contributed by atoms with Crippen LogP contribution in [0, 0.1) is 18.7 Å². The molecule has 1 heterocycles. The largest absolute Gasteiger partial charge is 0.462 e. The molecule has 1 aromatic carbocycles. The van der Waals surface area contributed by atoms with Crippen molar-refractivity contribution in [3.05, 3.63) is 47.6 Å². The van der Waals surface area contributed by atoms with E-state index < -0.39 is 6.23 Å². The van der Waals surface area contributed by atoms with Gasteiger partial charge in [0.15, 0.2) is 5.82 Å². The first-order valence-corrected chi connectivity index (χ1v) is 9.80. The van der Waals surface area contributed by atoms with E-state index in [-0.39, 0.29) is 17.8 Å². The molecule has 0 bridgehead atoms. The Morgan fingerprint density at radius 2 is 2.21 bits per heavy atom. The number of aliphatic hydroxyl groups excluding tert-OH is 1. The Kier molecular flexibility index (Phi) is 8.04. The highest BCUT2D eigenvalue weighted by Crippen LogP contribution is 2.32. The molecule has 0 aliphatic carbocycles. The van der Waals surface area contributed by atoms with Gasteiger partial charge >= 0.3 is 0 Å². The number of anilines is 1. The third-order valence-corrected chi connectivity index (χ3v) is 4.95. The molecule has 0 aromatic heterocycles. The summed E-state index contributed by atoms with van der Waals surface area (Å²) in [6.07, 6.45) is 2.67. The lowest BCUT2D eigenvalue weighted by Gasteiger charge is -2.34. The second-order valence-electron chi connectivity index (χ2n) is 7.57. The number of aliphatic hydroxyl groups is 1. The fourth-order valence-electron chi connectivity index (χ4n) is 3.33. The van der Waals surface area contributed by atoms with Crippen LogP contribution in [0.4, 0.5) is 10.1 Å². The van der Waals surface area contributed by atoms with E-state index in [4.69, 9.17) is 9.47 Å². The van der Waals surface area contributed by atoms with E-state index in [0.717, 1.165) is 12.0 Å². The van der Waals surface area contributed by atoms with E-state index in [1.165, 1.54) is 0 Å². The summed E-state index contributed by atoms with van der Waals surface area (Å²) < 4.78 is 26.4. The Bertz CT molecular complexity index is 716. The van der Waals surface area contributed by atoms with Gasteiger partial charge < -0.3 is 19.5 Å². The van der Waals surface area contributed by atoms with Gasteiger partial charge in [0, 0.05) is 31.5 Å². The molecule has 1 saturated heterocycles. The summed E-state index contributed by atoms with van der Waals surface area (Å²) in [7, 11) is 1.82. The predicted molar refractivity (Wildman–Crippen MR) is 111 cm³/mol. The van der Waals surface area contributed by atoms with E-state index in [9.17, 15) is 9.50 Å². The van der Waals surface area contributed by atoms with Crippen molar-refractivity contribution < 1.29 is 19.0 Å². The van der Waals surface area contributed by atoms with E-state index in [0.29, 0.717) is 42.4 Å². The first-order chi connectivity index (χ1) is 13.2. The van der Waals surface area contributed by atoms with E-state index >= 15 is 0 Å². The van der Waals surface area contributed by atoms with Crippen molar-refractivity contribution in [2.75, 3.05) is 25.2 Å². The predicted octanol–water partition coefficient (Wildman–Crippen LogP) is 4.11. The fourth-order valence-corrected chi connectivity index (χ4v) is 3.33. The molecule has 0 spiro atoms. The van der Waals surface area contributed by atoms with E-state index in [1.807, 2.05) is 34.0 Å². The maximum atomic E-state index is 14.9. The van der Waals surface area contributed by atoms with Gasteiger partial charge in [-0.2, -0.15) is 0 Å². The zero-order valence-corrected chi connectivity index (χ0v) is 17.6. The number of benzene rings is 1. The Labute approximate surface area is 167 Å². The van der Waals surface area contributed by atoms with Crippen LogP contribution in [0.3, 0.4) is 0 Å². The van der Waals surface area contributed by atoms with E-state index in [1.54, 1.807) is 24.0 Å². The highest BCUT2D eigenvalue weighted by atomic mass is 19.1. The fraction of sp³-hybridized carbons (Fsp3) is 0.545. The summed E-state index contributed by atoms with van der Waals surface area (Å²) in [5, 5.41) is 13.1. The smallest absolute Gasteiger partial charge is 0.153 e. The van der Waals surface area contributed by atoms with Crippen molar-refractivity contribution in [1.29, 1.82) is 0 Å². The molecule has 0 amide bonds. The summed E-state index contributed by atoms with van der Waals surface area (Å²) >= 11 is 0. The van der Waals surface area contributed by atoms with Crippen LogP contribution in [0.25, 0.3) is 0 Å². The lowest BCUT2D eigenvalue weighted by Crippen LogP contribution is -2.48. The zero-order chi connectivity index (χ0) is 20.8. The number of ether oxygens (including phenoxy) is 2. The minimum Gasteiger partial charge on any atom is -0.462 e. The van der Waals surface area contributed by atoms with Crippen molar-refractivity contribution in [2.24, 2.45) is 5.92 Å². The molecule has 1 fully saturated rings. The molecule has 1 aliphatic rings. The third kappa shape index (κ3) is 5.56. The minimum absolute atomic E-state index is 0.00410. The Morgan fingerprint density at radius 3 is 2.86 bits per heavy atom. The highest BCUT2D eigenvalue weighted by molar-refractivity contribution is 5.56. The number of halogens is 1. The molecular weight excluding hydrogens is 359 g/mol. The number of hydrogen-bond donors (Lipinski definition) is 2. The molecule has 6 heteroatoms. The maximum Gasteiger partial charge on any atom is 0.153 e. The molecule has 2 rings (SSSR count). The highest BCUT2D eigenvalue weighted by Gasteiger charge is 2.31. The SMILES string of the molecule is C=C(Oc1ccc(N(C)C=C(C)C)c(F)c1C)C1COCCC1NC(O)CC. The van der Waals surface area contributed by atoms with Gasteiger partial charge in [-0.05, 0) is 45.7 Å². The second kappa shape index (κ2) is 10.0. The van der Waals surface area contributed by atoms with Crippen LogP contribution in [0.2, 0.25) is 0 Å². The summed E-state index contributed by atoms with van der Waals surface area (Å²) in [4.78, 5) is 1.76. The van der Waals surface area contributed by atoms with Crippen LogP contribution in [0.15, 0.2) is 36.2 Å². The van der Waals surface area contributed by atoms with Gasteiger partial charge in [-0.15, -0.1) is 0 Å². The minimum atomic E-state index is -0.581. The standard InChI is InChI=1S/C22H33FN2O3/c1-7-21(26)24-18-10-11-27-13-17(18)16(5)28-20-9-8-19(22(23)15(20)4)25(6)12-14(2)3/h8-9,12,17-18,21,24,26H,5,7,10-11,13H2,1-4,6H3. The normalized spacial score (nSPS) is 20.4. The van der Waals surface area contributed by atoms with Crippen LogP contribution in [0.5, 0.6) is 5.75 Å². The number of nitrogens with one attached hydrogen (secondary N) is 1. The van der Waals surface area contributed by atoms with Crippen molar-refractivity contribution in [1.82, 2.24) is 5.32 Å². The molecule has 2 N–H and O–H groups in total. The molecule has 1 aromatic rings. The number of nitrogens with zero attached hydrogens (tertiary/aromatic N) is 1. The van der Waals surface area contributed by atoms with Crippen LogP contribution >= 0.6 is 0 Å². The molecule has 156 valence electrons. The van der Waals surface area contributed by atoms with E-state index in [2.05, 4.69) is 11.9 Å². The lowest BCUT2D eigenvalue weighted by molar-refractivity contribution is 0.0105. The quantitative estimate of drug-likeness (QED) is 0.515. The number of rotatable bonds is 8. The monoisotopic (exact) mass is 392 g/mol. The van der Waals surface area contributed by atoms with Crippen LogP contribution in [0.1, 0.15) is 39.2 Å². The number of hydrogen-bond acceptors (Lipinski definition) is 5. The molecule has 0 radical (unpaired) electrons.